The predicted octanol–water partition coefficient (Wildman–Crippen LogP) is 2.22. The Hall–Kier alpha value is -2.37. The molecule has 1 fully saturated rings. The summed E-state index contributed by atoms with van der Waals surface area (Å²) in [7, 11) is 0. The van der Waals surface area contributed by atoms with Crippen molar-refractivity contribution in [2.75, 3.05) is 0 Å². The van der Waals surface area contributed by atoms with Gasteiger partial charge in [0.05, 0.1) is 6.42 Å². The summed E-state index contributed by atoms with van der Waals surface area (Å²) in [6.07, 6.45) is 3.98. The fourth-order valence-electron chi connectivity index (χ4n) is 3.50. The van der Waals surface area contributed by atoms with Crippen LogP contribution in [0, 0.1) is 18.7 Å². The summed E-state index contributed by atoms with van der Waals surface area (Å²) in [5.41, 5.74) is 2.03. The molecule has 1 amide bonds. The molecule has 1 aromatic heterocycles. The highest BCUT2D eigenvalue weighted by Gasteiger charge is 2.29. The monoisotopic (exact) mass is 331 g/mol. The molecule has 1 aliphatic rings. The van der Waals surface area contributed by atoms with E-state index >= 15 is 0 Å². The first-order valence-electron chi connectivity index (χ1n) is 8.33. The number of halogens is 1. The number of carbonyl (C=O) groups is 1. The van der Waals surface area contributed by atoms with Crippen LogP contribution in [-0.2, 0) is 17.6 Å². The van der Waals surface area contributed by atoms with Crippen molar-refractivity contribution in [2.45, 2.75) is 45.1 Å². The van der Waals surface area contributed by atoms with Crippen LogP contribution in [0.1, 0.15) is 36.1 Å². The van der Waals surface area contributed by atoms with Crippen LogP contribution in [0.2, 0.25) is 0 Å². The van der Waals surface area contributed by atoms with E-state index in [0.717, 1.165) is 31.2 Å². The van der Waals surface area contributed by atoms with Gasteiger partial charge in [-0.05, 0) is 49.8 Å². The average molecular weight is 331 g/mol. The molecule has 24 heavy (non-hydrogen) atoms. The Morgan fingerprint density at radius 3 is 2.67 bits per heavy atom. The topological polar surface area (TPSA) is 77.8 Å². The molecule has 0 radical (unpaired) electrons. The van der Waals surface area contributed by atoms with E-state index in [1.807, 2.05) is 0 Å². The molecule has 0 unspecified atom stereocenters. The van der Waals surface area contributed by atoms with Crippen LogP contribution in [0.3, 0.4) is 0 Å². The third-order valence-electron chi connectivity index (χ3n) is 4.84. The van der Waals surface area contributed by atoms with E-state index < -0.39 is 0 Å². The smallest absolute Gasteiger partial charge is 0.267 e. The Balaban J connectivity index is 1.60. The van der Waals surface area contributed by atoms with Gasteiger partial charge < -0.3 is 10.4 Å². The Morgan fingerprint density at radius 2 is 2.00 bits per heavy atom. The summed E-state index contributed by atoms with van der Waals surface area (Å²) >= 11 is 0. The highest BCUT2D eigenvalue weighted by atomic mass is 19.1. The van der Waals surface area contributed by atoms with Crippen molar-refractivity contribution in [2.24, 2.45) is 5.92 Å². The highest BCUT2D eigenvalue weighted by molar-refractivity contribution is 5.79. The lowest BCUT2D eigenvalue weighted by atomic mass is 9.94. The maximum atomic E-state index is 13.0. The number of benzene rings is 1. The predicted molar refractivity (Wildman–Crippen MR) is 89.2 cm³/mol. The SMILES string of the molecule is Cc1[nH][nH]c(=O)c1CC(=O)N[C@H]1CCC[C@H]1Cc1ccc(F)cc1. The average Bonchev–Trinajstić information content (AvgIpc) is 3.11. The number of H-pyrrole nitrogens is 2. The number of rotatable bonds is 5. The van der Waals surface area contributed by atoms with E-state index in [-0.39, 0.29) is 29.7 Å². The van der Waals surface area contributed by atoms with Crippen LogP contribution in [0.15, 0.2) is 29.1 Å². The van der Waals surface area contributed by atoms with E-state index in [2.05, 4.69) is 15.5 Å². The number of aromatic amines is 2. The van der Waals surface area contributed by atoms with Gasteiger partial charge in [-0.15, -0.1) is 0 Å². The number of nitrogens with one attached hydrogen (secondary N) is 3. The summed E-state index contributed by atoms with van der Waals surface area (Å²) in [5.74, 6) is -0.00802. The lowest BCUT2D eigenvalue weighted by Crippen LogP contribution is -2.39. The van der Waals surface area contributed by atoms with Crippen LogP contribution < -0.4 is 10.9 Å². The molecule has 1 saturated carbocycles. The van der Waals surface area contributed by atoms with Gasteiger partial charge in [0.1, 0.15) is 5.82 Å². The highest BCUT2D eigenvalue weighted by Crippen LogP contribution is 2.29. The van der Waals surface area contributed by atoms with Gasteiger partial charge in [0.15, 0.2) is 0 Å². The molecule has 0 spiro atoms. The van der Waals surface area contributed by atoms with E-state index in [1.54, 1.807) is 19.1 Å². The van der Waals surface area contributed by atoms with Crippen LogP contribution in [0.4, 0.5) is 4.39 Å². The Kier molecular flexibility index (Phi) is 4.83. The van der Waals surface area contributed by atoms with Crippen molar-refractivity contribution >= 4 is 5.91 Å². The molecular formula is C18H22FN3O2. The third-order valence-corrected chi connectivity index (χ3v) is 4.84. The second kappa shape index (κ2) is 7.03. The van der Waals surface area contributed by atoms with Gasteiger partial charge in [-0.3, -0.25) is 14.7 Å². The maximum Gasteiger partial charge on any atom is 0.267 e. The first-order chi connectivity index (χ1) is 11.5. The lowest BCUT2D eigenvalue weighted by molar-refractivity contribution is -0.121. The molecule has 128 valence electrons. The van der Waals surface area contributed by atoms with Crippen LogP contribution >= 0.6 is 0 Å². The van der Waals surface area contributed by atoms with Crippen molar-refractivity contribution in [3.05, 3.63) is 57.3 Å². The molecule has 0 bridgehead atoms. The molecule has 1 aliphatic carbocycles. The first kappa shape index (κ1) is 16.5. The van der Waals surface area contributed by atoms with Gasteiger partial charge >= 0.3 is 0 Å². The van der Waals surface area contributed by atoms with Gasteiger partial charge in [-0.2, -0.15) is 0 Å². The van der Waals surface area contributed by atoms with Crippen molar-refractivity contribution < 1.29 is 9.18 Å². The number of aromatic nitrogens is 2. The van der Waals surface area contributed by atoms with Crippen molar-refractivity contribution in [1.82, 2.24) is 15.5 Å². The number of carbonyl (C=O) groups excluding carboxylic acids is 1. The quantitative estimate of drug-likeness (QED) is 0.785. The molecule has 6 heteroatoms. The molecule has 0 saturated heterocycles. The zero-order valence-corrected chi connectivity index (χ0v) is 13.7. The van der Waals surface area contributed by atoms with Gasteiger partial charge in [-0.25, -0.2) is 4.39 Å². The van der Waals surface area contributed by atoms with E-state index in [0.29, 0.717) is 17.2 Å². The standard InChI is InChI=1S/C18H22FN3O2/c1-11-15(18(24)22-21-11)10-17(23)20-16-4-2-3-13(16)9-12-5-7-14(19)8-6-12/h5-8,13,16H,2-4,9-10H2,1H3,(H,20,23)(H2,21,22,24)/t13-,16-/m0/s1. The lowest BCUT2D eigenvalue weighted by Gasteiger charge is -2.21. The number of hydrogen-bond donors (Lipinski definition) is 3. The van der Waals surface area contributed by atoms with Crippen LogP contribution in [0.25, 0.3) is 0 Å². The zero-order valence-electron chi connectivity index (χ0n) is 13.7. The second-order valence-electron chi connectivity index (χ2n) is 6.56. The van der Waals surface area contributed by atoms with Crippen LogP contribution in [-0.4, -0.2) is 22.1 Å². The van der Waals surface area contributed by atoms with Gasteiger partial charge in [0, 0.05) is 17.3 Å². The number of aryl methyl sites for hydroxylation is 1. The second-order valence-corrected chi connectivity index (χ2v) is 6.56. The molecule has 2 aromatic rings. The van der Waals surface area contributed by atoms with Crippen molar-refractivity contribution in [1.29, 1.82) is 0 Å². The van der Waals surface area contributed by atoms with Gasteiger partial charge in [0.2, 0.25) is 5.91 Å². The van der Waals surface area contributed by atoms with Gasteiger partial charge in [-0.1, -0.05) is 18.6 Å². The first-order valence-corrected chi connectivity index (χ1v) is 8.33. The summed E-state index contributed by atoms with van der Waals surface area (Å²) in [5, 5.41) is 8.30. The van der Waals surface area contributed by atoms with Gasteiger partial charge in [0.25, 0.3) is 5.56 Å². The van der Waals surface area contributed by atoms with Crippen LogP contribution in [0.5, 0.6) is 0 Å². The summed E-state index contributed by atoms with van der Waals surface area (Å²) in [6, 6.07) is 6.66. The number of amides is 1. The fourth-order valence-corrected chi connectivity index (χ4v) is 3.50. The van der Waals surface area contributed by atoms with E-state index in [4.69, 9.17) is 0 Å². The summed E-state index contributed by atoms with van der Waals surface area (Å²) in [6.45, 7) is 1.77. The zero-order chi connectivity index (χ0) is 17.1. The molecule has 0 aliphatic heterocycles. The molecule has 3 N–H and O–H groups in total. The molecule has 2 atom stereocenters. The molecule has 1 aromatic carbocycles. The largest absolute Gasteiger partial charge is 0.353 e. The molecule has 1 heterocycles. The normalized spacial score (nSPS) is 20.2. The Bertz CT molecular complexity index is 763. The van der Waals surface area contributed by atoms with E-state index in [1.165, 1.54) is 12.1 Å². The third kappa shape index (κ3) is 3.75. The minimum Gasteiger partial charge on any atom is -0.353 e. The fraction of sp³-hybridized carbons (Fsp3) is 0.444. The molecule has 3 rings (SSSR count). The van der Waals surface area contributed by atoms with Crippen molar-refractivity contribution in [3.8, 4) is 0 Å². The minimum absolute atomic E-state index is 0.0877. The maximum absolute atomic E-state index is 13.0. The summed E-state index contributed by atoms with van der Waals surface area (Å²) < 4.78 is 13.0. The van der Waals surface area contributed by atoms with E-state index in [9.17, 15) is 14.0 Å². The Labute approximate surface area is 139 Å². The number of hydrogen-bond acceptors (Lipinski definition) is 2. The molecular weight excluding hydrogens is 309 g/mol. The molecule has 5 nitrogen and oxygen atoms in total. The van der Waals surface area contributed by atoms with Crippen molar-refractivity contribution in [3.63, 3.8) is 0 Å². The Morgan fingerprint density at radius 1 is 1.25 bits per heavy atom. The minimum atomic E-state index is -0.239. The summed E-state index contributed by atoms with van der Waals surface area (Å²) in [4.78, 5) is 23.9.